The van der Waals surface area contributed by atoms with Crippen molar-refractivity contribution < 1.29 is 0 Å². The van der Waals surface area contributed by atoms with E-state index in [2.05, 4.69) is 57.0 Å². The highest BCUT2D eigenvalue weighted by Crippen LogP contribution is 2.23. The van der Waals surface area contributed by atoms with Crippen LogP contribution >= 0.6 is 0 Å². The van der Waals surface area contributed by atoms with Gasteiger partial charge in [0.1, 0.15) is 0 Å². The number of rotatable bonds is 12. The molecule has 116 valence electrons. The third kappa shape index (κ3) is 10.3. The molecular weight excluding hydrogens is 234 g/mol. The Morgan fingerprint density at radius 3 is 2.21 bits per heavy atom. The second kappa shape index (κ2) is 10.6. The summed E-state index contributed by atoms with van der Waals surface area (Å²) >= 11 is 0. The molecule has 0 spiro atoms. The van der Waals surface area contributed by atoms with Gasteiger partial charge in [0.25, 0.3) is 0 Å². The smallest absolute Gasteiger partial charge is 0.00444 e. The third-order valence-electron chi connectivity index (χ3n) is 3.63. The molecule has 0 heterocycles. The van der Waals surface area contributed by atoms with E-state index in [-0.39, 0.29) is 0 Å². The average molecular weight is 271 g/mol. The molecule has 0 aromatic heterocycles. The van der Waals surface area contributed by atoms with Gasteiger partial charge in [0.15, 0.2) is 0 Å². The van der Waals surface area contributed by atoms with Crippen LogP contribution in [0, 0.1) is 5.41 Å². The van der Waals surface area contributed by atoms with Crippen LogP contribution in [0.25, 0.3) is 0 Å². The Balaban J connectivity index is 4.07. The zero-order valence-corrected chi connectivity index (χ0v) is 14.3. The molecule has 0 aromatic rings. The molecule has 0 amide bonds. The summed E-state index contributed by atoms with van der Waals surface area (Å²) in [6.45, 7) is 12.8. The molecule has 1 unspecified atom stereocenters. The SMILES string of the molecule is CCCNCC(C)(CCC)CN(C)CCCN(C)C. The lowest BCUT2D eigenvalue weighted by Gasteiger charge is -2.34. The Bertz CT molecular complexity index is 206. The molecule has 3 heteroatoms. The summed E-state index contributed by atoms with van der Waals surface area (Å²) in [5, 5.41) is 3.61. The highest BCUT2D eigenvalue weighted by Gasteiger charge is 2.24. The Labute approximate surface area is 121 Å². The molecule has 1 N–H and O–H groups in total. The molecule has 0 bridgehead atoms. The normalized spacial score (nSPS) is 15.2. The summed E-state index contributed by atoms with van der Waals surface area (Å²) < 4.78 is 0. The standard InChI is InChI=1S/C16H37N3/c1-7-10-16(3,14-17-11-8-2)15-19(6)13-9-12-18(4)5/h17H,7-15H2,1-6H3. The lowest BCUT2D eigenvalue weighted by atomic mass is 9.84. The lowest BCUT2D eigenvalue weighted by Crippen LogP contribution is -2.41. The maximum Gasteiger partial charge on any atom is 0.00444 e. The molecule has 0 aliphatic rings. The zero-order chi connectivity index (χ0) is 14.7. The molecule has 0 rings (SSSR count). The minimum atomic E-state index is 0.413. The number of nitrogens with zero attached hydrogens (tertiary/aromatic N) is 2. The first-order valence-corrected chi connectivity index (χ1v) is 7.97. The molecule has 1 atom stereocenters. The van der Waals surface area contributed by atoms with E-state index in [4.69, 9.17) is 0 Å². The molecule has 0 saturated carbocycles. The van der Waals surface area contributed by atoms with Gasteiger partial charge in [0.2, 0.25) is 0 Å². The lowest BCUT2D eigenvalue weighted by molar-refractivity contribution is 0.169. The third-order valence-corrected chi connectivity index (χ3v) is 3.63. The maximum absolute atomic E-state index is 3.61. The Morgan fingerprint density at radius 1 is 1.00 bits per heavy atom. The van der Waals surface area contributed by atoms with Crippen molar-refractivity contribution in [2.45, 2.75) is 46.5 Å². The average Bonchev–Trinajstić information content (AvgIpc) is 2.28. The van der Waals surface area contributed by atoms with Gasteiger partial charge >= 0.3 is 0 Å². The molecule has 19 heavy (non-hydrogen) atoms. The summed E-state index contributed by atoms with van der Waals surface area (Å²) in [6, 6.07) is 0. The van der Waals surface area contributed by atoms with Gasteiger partial charge in [-0.15, -0.1) is 0 Å². The van der Waals surface area contributed by atoms with Crippen molar-refractivity contribution in [2.75, 3.05) is 53.9 Å². The number of hydrogen-bond acceptors (Lipinski definition) is 3. The molecule has 0 radical (unpaired) electrons. The fourth-order valence-corrected chi connectivity index (χ4v) is 2.78. The molecular formula is C16H37N3. The van der Waals surface area contributed by atoms with E-state index >= 15 is 0 Å². The van der Waals surface area contributed by atoms with Gasteiger partial charge in [0.05, 0.1) is 0 Å². The number of nitrogens with one attached hydrogen (secondary N) is 1. The zero-order valence-electron chi connectivity index (χ0n) is 14.3. The van der Waals surface area contributed by atoms with Gasteiger partial charge < -0.3 is 15.1 Å². The van der Waals surface area contributed by atoms with Crippen LogP contribution in [0.15, 0.2) is 0 Å². The van der Waals surface area contributed by atoms with E-state index in [0.29, 0.717) is 5.41 Å². The van der Waals surface area contributed by atoms with Gasteiger partial charge in [-0.2, -0.15) is 0 Å². The number of hydrogen-bond donors (Lipinski definition) is 1. The maximum atomic E-state index is 3.61. The van der Waals surface area contributed by atoms with Crippen molar-refractivity contribution in [3.8, 4) is 0 Å². The van der Waals surface area contributed by atoms with Gasteiger partial charge in [0, 0.05) is 13.1 Å². The van der Waals surface area contributed by atoms with Crippen molar-refractivity contribution in [1.82, 2.24) is 15.1 Å². The van der Waals surface area contributed by atoms with Crippen LogP contribution in [0.1, 0.15) is 46.5 Å². The van der Waals surface area contributed by atoms with E-state index in [9.17, 15) is 0 Å². The Morgan fingerprint density at radius 2 is 1.68 bits per heavy atom. The summed E-state index contributed by atoms with van der Waals surface area (Å²) in [5.74, 6) is 0. The first kappa shape index (κ1) is 18.9. The van der Waals surface area contributed by atoms with Crippen molar-refractivity contribution in [3.63, 3.8) is 0 Å². The first-order chi connectivity index (χ1) is 8.93. The molecule has 0 aromatic carbocycles. The van der Waals surface area contributed by atoms with Crippen LogP contribution in [0.4, 0.5) is 0 Å². The molecule has 0 fully saturated rings. The minimum Gasteiger partial charge on any atom is -0.316 e. The fraction of sp³-hybridized carbons (Fsp3) is 1.00. The van der Waals surface area contributed by atoms with Crippen LogP contribution < -0.4 is 5.32 Å². The highest BCUT2D eigenvalue weighted by atomic mass is 15.1. The summed E-state index contributed by atoms with van der Waals surface area (Å²) in [6.07, 6.45) is 5.06. The molecule has 3 nitrogen and oxygen atoms in total. The van der Waals surface area contributed by atoms with Gasteiger partial charge in [-0.1, -0.05) is 27.2 Å². The van der Waals surface area contributed by atoms with Crippen molar-refractivity contribution in [1.29, 1.82) is 0 Å². The monoisotopic (exact) mass is 271 g/mol. The predicted octanol–water partition coefficient (Wildman–Crippen LogP) is 2.68. The Kier molecular flexibility index (Phi) is 10.6. The van der Waals surface area contributed by atoms with E-state index < -0.39 is 0 Å². The van der Waals surface area contributed by atoms with Gasteiger partial charge in [-0.25, -0.2) is 0 Å². The van der Waals surface area contributed by atoms with E-state index in [1.807, 2.05) is 0 Å². The quantitative estimate of drug-likeness (QED) is 0.551. The Hall–Kier alpha value is -0.120. The van der Waals surface area contributed by atoms with Crippen LogP contribution in [0.3, 0.4) is 0 Å². The summed E-state index contributed by atoms with van der Waals surface area (Å²) in [4.78, 5) is 4.77. The summed E-state index contributed by atoms with van der Waals surface area (Å²) in [7, 11) is 6.56. The highest BCUT2D eigenvalue weighted by molar-refractivity contribution is 4.79. The van der Waals surface area contributed by atoms with Gasteiger partial charge in [-0.3, -0.25) is 0 Å². The van der Waals surface area contributed by atoms with Crippen LogP contribution in [-0.2, 0) is 0 Å². The second-order valence-electron chi connectivity index (χ2n) is 6.63. The fourth-order valence-electron chi connectivity index (χ4n) is 2.78. The van der Waals surface area contributed by atoms with Crippen LogP contribution in [-0.4, -0.2) is 63.7 Å². The first-order valence-electron chi connectivity index (χ1n) is 7.97. The van der Waals surface area contributed by atoms with E-state index in [1.54, 1.807) is 0 Å². The van der Waals surface area contributed by atoms with E-state index in [1.165, 1.54) is 45.3 Å². The van der Waals surface area contributed by atoms with E-state index in [0.717, 1.165) is 13.1 Å². The largest absolute Gasteiger partial charge is 0.316 e. The van der Waals surface area contributed by atoms with Crippen molar-refractivity contribution in [2.24, 2.45) is 5.41 Å². The van der Waals surface area contributed by atoms with Gasteiger partial charge in [-0.05, 0) is 65.5 Å². The molecule has 0 aliphatic heterocycles. The predicted molar refractivity (Wildman–Crippen MR) is 86.8 cm³/mol. The van der Waals surface area contributed by atoms with Crippen molar-refractivity contribution >= 4 is 0 Å². The van der Waals surface area contributed by atoms with Crippen LogP contribution in [0.5, 0.6) is 0 Å². The van der Waals surface area contributed by atoms with Crippen molar-refractivity contribution in [3.05, 3.63) is 0 Å². The molecule has 0 saturated heterocycles. The summed E-state index contributed by atoms with van der Waals surface area (Å²) in [5.41, 5.74) is 0.413. The molecule has 0 aliphatic carbocycles. The van der Waals surface area contributed by atoms with Crippen LogP contribution in [0.2, 0.25) is 0 Å². The topological polar surface area (TPSA) is 18.5 Å². The second-order valence-corrected chi connectivity index (χ2v) is 6.63. The minimum absolute atomic E-state index is 0.413.